The molecule has 2 fully saturated rings. The van der Waals surface area contributed by atoms with Crippen molar-refractivity contribution in [1.82, 2.24) is 19.9 Å². The van der Waals surface area contributed by atoms with Gasteiger partial charge in [-0.15, -0.1) is 0 Å². The average molecular weight is 379 g/mol. The van der Waals surface area contributed by atoms with Crippen LogP contribution in [0, 0.1) is 12.3 Å². The maximum atomic E-state index is 13.4. The van der Waals surface area contributed by atoms with Crippen LogP contribution in [0.1, 0.15) is 67.2 Å². The molecule has 0 unspecified atom stereocenters. The number of aryl methyl sites for hydroxylation is 2. The van der Waals surface area contributed by atoms with Gasteiger partial charge in [0.2, 0.25) is 0 Å². The maximum Gasteiger partial charge on any atom is 0.276 e. The van der Waals surface area contributed by atoms with Crippen LogP contribution in [0.3, 0.4) is 0 Å². The lowest BCUT2D eigenvalue weighted by Gasteiger charge is -2.39. The minimum absolute atomic E-state index is 0.136. The molecule has 3 heterocycles. The Morgan fingerprint density at radius 1 is 1.11 bits per heavy atom. The summed E-state index contributed by atoms with van der Waals surface area (Å²) in [4.78, 5) is 34.6. The molecule has 2 aromatic heterocycles. The molecule has 5 rings (SSSR count). The lowest BCUT2D eigenvalue weighted by Crippen LogP contribution is -2.50. The van der Waals surface area contributed by atoms with E-state index in [1.54, 1.807) is 10.6 Å². The average Bonchev–Trinajstić information content (AvgIpc) is 3.39. The summed E-state index contributed by atoms with van der Waals surface area (Å²) in [6.07, 6.45) is 8.65. The Morgan fingerprint density at radius 3 is 2.50 bits per heavy atom. The Balaban J connectivity index is 1.57. The number of aromatic nitrogens is 3. The second kappa shape index (κ2) is 5.90. The highest BCUT2D eigenvalue weighted by Crippen LogP contribution is 2.59. The van der Waals surface area contributed by atoms with E-state index in [-0.39, 0.29) is 11.5 Å². The van der Waals surface area contributed by atoms with Gasteiger partial charge in [-0.2, -0.15) is 0 Å². The van der Waals surface area contributed by atoms with Crippen LogP contribution in [0.25, 0.3) is 0 Å². The van der Waals surface area contributed by atoms with Crippen molar-refractivity contribution in [3.05, 3.63) is 45.8 Å². The number of hydrogen-bond acceptors (Lipinski definition) is 5. The van der Waals surface area contributed by atoms with Crippen LogP contribution < -0.4 is 16.2 Å². The van der Waals surface area contributed by atoms with Crippen LogP contribution in [0.2, 0.25) is 0 Å². The lowest BCUT2D eigenvalue weighted by molar-refractivity contribution is 0.0822. The molecular formula is C21H25N5O2. The van der Waals surface area contributed by atoms with Crippen LogP contribution in [-0.2, 0) is 12.1 Å². The van der Waals surface area contributed by atoms with Crippen molar-refractivity contribution in [2.75, 3.05) is 5.32 Å². The fourth-order valence-corrected chi connectivity index (χ4v) is 4.87. The van der Waals surface area contributed by atoms with Crippen molar-refractivity contribution >= 4 is 17.4 Å². The van der Waals surface area contributed by atoms with Crippen molar-refractivity contribution in [1.29, 1.82) is 0 Å². The first-order chi connectivity index (χ1) is 13.5. The number of fused-ring (bicyclic) bond motifs is 2. The van der Waals surface area contributed by atoms with E-state index < -0.39 is 5.66 Å². The van der Waals surface area contributed by atoms with Gasteiger partial charge in [0.1, 0.15) is 29.2 Å². The molecule has 0 bridgehead atoms. The van der Waals surface area contributed by atoms with Crippen molar-refractivity contribution in [2.45, 2.75) is 64.5 Å². The maximum absolute atomic E-state index is 13.4. The van der Waals surface area contributed by atoms with E-state index in [4.69, 9.17) is 0 Å². The van der Waals surface area contributed by atoms with Crippen molar-refractivity contribution in [2.24, 2.45) is 5.41 Å². The number of pyridine rings is 1. The predicted octanol–water partition coefficient (Wildman–Crippen LogP) is 3.00. The van der Waals surface area contributed by atoms with Gasteiger partial charge in [0.25, 0.3) is 11.5 Å². The van der Waals surface area contributed by atoms with E-state index in [0.717, 1.165) is 43.4 Å². The molecular weight excluding hydrogens is 354 g/mol. The first-order valence-electron chi connectivity index (χ1n) is 10.1. The van der Waals surface area contributed by atoms with Crippen LogP contribution in [-0.4, -0.2) is 20.4 Å². The number of carbonyl (C=O) groups is 1. The third-order valence-corrected chi connectivity index (χ3v) is 6.82. The second-order valence-electron chi connectivity index (χ2n) is 8.59. The van der Waals surface area contributed by atoms with Gasteiger partial charge in [-0.1, -0.05) is 6.92 Å². The molecule has 146 valence electrons. The van der Waals surface area contributed by atoms with Gasteiger partial charge in [-0.05, 0) is 68.9 Å². The van der Waals surface area contributed by atoms with Gasteiger partial charge >= 0.3 is 0 Å². The Morgan fingerprint density at radius 2 is 1.82 bits per heavy atom. The number of nitrogens with zero attached hydrogens (tertiary/aromatic N) is 3. The highest BCUT2D eigenvalue weighted by Gasteiger charge is 2.53. The summed E-state index contributed by atoms with van der Waals surface area (Å²) in [6, 6.07) is 3.61. The summed E-state index contributed by atoms with van der Waals surface area (Å²) < 4.78 is 1.73. The van der Waals surface area contributed by atoms with Crippen LogP contribution in [0.4, 0.5) is 11.5 Å². The molecule has 2 spiro atoms. The number of anilines is 2. The highest BCUT2D eigenvalue weighted by atomic mass is 16.2. The van der Waals surface area contributed by atoms with Crippen molar-refractivity contribution in [3.8, 4) is 0 Å². The summed E-state index contributed by atoms with van der Waals surface area (Å²) in [5.74, 6) is 0.457. The Kier molecular flexibility index (Phi) is 3.66. The number of amides is 1. The number of carbonyl (C=O) groups excluding carboxylic acids is 1. The Bertz CT molecular complexity index is 1030. The molecule has 0 radical (unpaired) electrons. The summed E-state index contributed by atoms with van der Waals surface area (Å²) in [5, 5.41) is 6.32. The lowest BCUT2D eigenvalue weighted by atomic mass is 9.79. The quantitative estimate of drug-likeness (QED) is 0.856. The third-order valence-electron chi connectivity index (χ3n) is 6.82. The zero-order valence-corrected chi connectivity index (χ0v) is 16.3. The van der Waals surface area contributed by atoms with Gasteiger partial charge in [-0.3, -0.25) is 14.2 Å². The topological polar surface area (TPSA) is 88.9 Å². The van der Waals surface area contributed by atoms with Crippen LogP contribution in [0.15, 0.2) is 23.3 Å². The SMILES string of the molecule is CCc1cc(Nc2cc(C)c3n(c2=O)C2(CCC4(CC4)CC2)NC3=O)ncn1. The van der Waals surface area contributed by atoms with Gasteiger partial charge in [0.15, 0.2) is 0 Å². The molecule has 1 aliphatic heterocycles. The monoisotopic (exact) mass is 379 g/mol. The second-order valence-corrected chi connectivity index (χ2v) is 8.59. The van der Waals surface area contributed by atoms with Gasteiger partial charge in [0.05, 0.1) is 0 Å². The standard InChI is InChI=1S/C21H25N5O2/c1-3-14-11-16(23-12-22-14)24-15-10-13(2)17-18(27)25-21(26(17)19(15)28)8-6-20(4-5-20)7-9-21/h10-12H,3-9H2,1-2H3,(H,25,27)(H,22,23,24). The van der Waals surface area contributed by atoms with E-state index in [1.165, 1.54) is 19.2 Å². The van der Waals surface area contributed by atoms with E-state index >= 15 is 0 Å². The molecule has 2 N–H and O–H groups in total. The zero-order chi connectivity index (χ0) is 19.5. The van der Waals surface area contributed by atoms with E-state index in [2.05, 4.69) is 20.6 Å². The molecule has 28 heavy (non-hydrogen) atoms. The van der Waals surface area contributed by atoms with Crippen LogP contribution >= 0.6 is 0 Å². The van der Waals surface area contributed by atoms with Crippen molar-refractivity contribution < 1.29 is 4.79 Å². The summed E-state index contributed by atoms with van der Waals surface area (Å²) in [7, 11) is 0. The van der Waals surface area contributed by atoms with Gasteiger partial charge < -0.3 is 10.6 Å². The Hall–Kier alpha value is -2.70. The van der Waals surface area contributed by atoms with Crippen LogP contribution in [0.5, 0.6) is 0 Å². The number of rotatable bonds is 3. The van der Waals surface area contributed by atoms with E-state index in [1.807, 2.05) is 19.9 Å². The zero-order valence-electron chi connectivity index (χ0n) is 16.3. The highest BCUT2D eigenvalue weighted by molar-refractivity contribution is 5.97. The molecule has 2 saturated carbocycles. The number of hydrogen-bond donors (Lipinski definition) is 2. The fourth-order valence-electron chi connectivity index (χ4n) is 4.87. The van der Waals surface area contributed by atoms with Gasteiger partial charge in [-0.25, -0.2) is 9.97 Å². The first-order valence-corrected chi connectivity index (χ1v) is 10.1. The molecule has 3 aliphatic rings. The largest absolute Gasteiger partial charge is 0.336 e. The minimum atomic E-state index is -0.583. The van der Waals surface area contributed by atoms with E-state index in [9.17, 15) is 9.59 Å². The summed E-state index contributed by atoms with van der Waals surface area (Å²) >= 11 is 0. The minimum Gasteiger partial charge on any atom is -0.336 e. The molecule has 2 aromatic rings. The first kappa shape index (κ1) is 17.4. The third kappa shape index (κ3) is 2.56. The molecule has 2 aliphatic carbocycles. The Labute approximate surface area is 163 Å². The fraction of sp³-hybridized carbons (Fsp3) is 0.524. The normalized spacial score (nSPS) is 20.9. The predicted molar refractivity (Wildman–Crippen MR) is 106 cm³/mol. The van der Waals surface area contributed by atoms with Gasteiger partial charge in [0, 0.05) is 11.8 Å². The number of nitrogens with one attached hydrogen (secondary N) is 2. The molecule has 0 aromatic carbocycles. The molecule has 0 saturated heterocycles. The van der Waals surface area contributed by atoms with E-state index in [0.29, 0.717) is 22.6 Å². The smallest absolute Gasteiger partial charge is 0.276 e. The van der Waals surface area contributed by atoms with Crippen molar-refractivity contribution in [3.63, 3.8) is 0 Å². The molecule has 7 nitrogen and oxygen atoms in total. The molecule has 7 heteroatoms. The molecule has 0 atom stereocenters. The summed E-state index contributed by atoms with van der Waals surface area (Å²) in [6.45, 7) is 3.91. The molecule has 1 amide bonds. The summed E-state index contributed by atoms with van der Waals surface area (Å²) in [5.41, 5.74) is 2.38.